The fourth-order valence-corrected chi connectivity index (χ4v) is 3.08. The summed E-state index contributed by atoms with van der Waals surface area (Å²) in [6.45, 7) is 4.62. The van der Waals surface area contributed by atoms with E-state index >= 15 is 0 Å². The number of aromatic nitrogens is 3. The normalized spacial score (nSPS) is 10.7. The molecule has 8 heteroatoms. The smallest absolute Gasteiger partial charge is 0.323 e. The maximum atomic E-state index is 5.52. The van der Waals surface area contributed by atoms with Crippen molar-refractivity contribution in [2.75, 3.05) is 24.2 Å². The highest BCUT2D eigenvalue weighted by atomic mass is 79.9. The van der Waals surface area contributed by atoms with Crippen LogP contribution in [0.3, 0.4) is 0 Å². The molecule has 2 rings (SSSR count). The minimum atomic E-state index is 0.0217. The Bertz CT molecular complexity index is 590. The van der Waals surface area contributed by atoms with Gasteiger partial charge < -0.3 is 15.4 Å². The monoisotopic (exact) mass is 371 g/mol. The Morgan fingerprint density at radius 2 is 2.00 bits per heavy atom. The van der Waals surface area contributed by atoms with E-state index in [4.69, 9.17) is 4.74 Å². The van der Waals surface area contributed by atoms with E-state index in [0.29, 0.717) is 17.9 Å². The minimum Gasteiger partial charge on any atom is -0.461 e. The summed E-state index contributed by atoms with van der Waals surface area (Å²) in [7, 11) is 1.77. The first-order chi connectivity index (χ1) is 10.1. The van der Waals surface area contributed by atoms with Crippen LogP contribution in [0.15, 0.2) is 15.9 Å². The highest BCUT2D eigenvalue weighted by molar-refractivity contribution is 9.11. The van der Waals surface area contributed by atoms with Crippen molar-refractivity contribution in [1.82, 2.24) is 15.0 Å². The van der Waals surface area contributed by atoms with E-state index in [1.165, 1.54) is 4.88 Å². The molecular formula is C13H18BrN5OS. The van der Waals surface area contributed by atoms with Gasteiger partial charge in [0, 0.05) is 18.5 Å². The molecule has 2 aromatic rings. The lowest BCUT2D eigenvalue weighted by Crippen LogP contribution is -2.14. The first-order valence-electron chi connectivity index (χ1n) is 6.65. The number of halogens is 1. The third-order valence-corrected chi connectivity index (χ3v) is 4.15. The van der Waals surface area contributed by atoms with Gasteiger partial charge in [-0.15, -0.1) is 11.3 Å². The quantitative estimate of drug-likeness (QED) is 0.778. The van der Waals surface area contributed by atoms with Crippen molar-refractivity contribution in [3.63, 3.8) is 0 Å². The van der Waals surface area contributed by atoms with Crippen LogP contribution in [0.5, 0.6) is 6.01 Å². The zero-order valence-electron chi connectivity index (χ0n) is 12.2. The molecule has 0 saturated heterocycles. The molecule has 0 spiro atoms. The minimum absolute atomic E-state index is 0.0217. The summed E-state index contributed by atoms with van der Waals surface area (Å²) in [4.78, 5) is 14.0. The van der Waals surface area contributed by atoms with Crippen LogP contribution in [0.25, 0.3) is 0 Å². The lowest BCUT2D eigenvalue weighted by atomic mass is 10.3. The first kappa shape index (κ1) is 16.0. The highest BCUT2D eigenvalue weighted by Crippen LogP contribution is 2.22. The lowest BCUT2D eigenvalue weighted by molar-refractivity contribution is 0.222. The number of hydrogen-bond acceptors (Lipinski definition) is 7. The number of nitrogens with one attached hydrogen (secondary N) is 2. The fraction of sp³-hybridized carbons (Fsp3) is 0.462. The standard InChI is InChI=1S/C13H18BrN5OS/c1-8(2)20-13-18-11(15-3)17-12(19-13)16-7-6-9-4-5-10(14)21-9/h4-5,8H,6-7H2,1-3H3,(H2,15,16,17,18,19). The van der Waals surface area contributed by atoms with Gasteiger partial charge in [0.2, 0.25) is 11.9 Å². The number of thiophene rings is 1. The first-order valence-corrected chi connectivity index (χ1v) is 8.26. The number of rotatable bonds is 7. The van der Waals surface area contributed by atoms with Crippen LogP contribution in [0.2, 0.25) is 0 Å². The molecule has 0 aliphatic heterocycles. The lowest BCUT2D eigenvalue weighted by Gasteiger charge is -2.11. The Morgan fingerprint density at radius 1 is 1.24 bits per heavy atom. The van der Waals surface area contributed by atoms with E-state index in [1.807, 2.05) is 13.8 Å². The van der Waals surface area contributed by atoms with Gasteiger partial charge in [0.15, 0.2) is 0 Å². The van der Waals surface area contributed by atoms with E-state index in [9.17, 15) is 0 Å². The number of hydrogen-bond donors (Lipinski definition) is 2. The summed E-state index contributed by atoms with van der Waals surface area (Å²) in [5.74, 6) is 1.00. The van der Waals surface area contributed by atoms with E-state index < -0.39 is 0 Å². The molecule has 0 bridgehead atoms. The number of ether oxygens (including phenoxy) is 1. The number of nitrogens with zero attached hydrogens (tertiary/aromatic N) is 3. The zero-order chi connectivity index (χ0) is 15.2. The van der Waals surface area contributed by atoms with Gasteiger partial charge >= 0.3 is 6.01 Å². The maximum absolute atomic E-state index is 5.52. The Hall–Kier alpha value is -1.41. The summed E-state index contributed by atoms with van der Waals surface area (Å²) in [6.07, 6.45) is 0.936. The highest BCUT2D eigenvalue weighted by Gasteiger charge is 2.08. The average Bonchev–Trinajstić information content (AvgIpc) is 2.83. The summed E-state index contributed by atoms with van der Waals surface area (Å²) in [5, 5.41) is 6.11. The molecule has 114 valence electrons. The molecule has 6 nitrogen and oxygen atoms in total. The van der Waals surface area contributed by atoms with Gasteiger partial charge in [0.05, 0.1) is 9.89 Å². The van der Waals surface area contributed by atoms with E-state index in [0.717, 1.165) is 16.8 Å². The molecule has 0 amide bonds. The predicted molar refractivity (Wildman–Crippen MR) is 89.4 cm³/mol. The maximum Gasteiger partial charge on any atom is 0.323 e. The average molecular weight is 372 g/mol. The Labute approximate surface area is 136 Å². The van der Waals surface area contributed by atoms with Gasteiger partial charge in [-0.3, -0.25) is 0 Å². The van der Waals surface area contributed by atoms with Crippen molar-refractivity contribution in [2.45, 2.75) is 26.4 Å². The molecule has 0 fully saturated rings. The van der Waals surface area contributed by atoms with Gasteiger partial charge in [-0.1, -0.05) is 0 Å². The Balaban J connectivity index is 1.97. The van der Waals surface area contributed by atoms with Crippen molar-refractivity contribution in [3.8, 4) is 6.01 Å². The molecule has 2 heterocycles. The zero-order valence-corrected chi connectivity index (χ0v) is 14.6. The van der Waals surface area contributed by atoms with Crippen molar-refractivity contribution in [1.29, 1.82) is 0 Å². The van der Waals surface area contributed by atoms with Crippen molar-refractivity contribution >= 4 is 39.2 Å². The van der Waals surface area contributed by atoms with Crippen LogP contribution < -0.4 is 15.4 Å². The van der Waals surface area contributed by atoms with E-state index in [1.54, 1.807) is 18.4 Å². The Morgan fingerprint density at radius 3 is 2.62 bits per heavy atom. The van der Waals surface area contributed by atoms with Gasteiger partial charge in [-0.05, 0) is 48.3 Å². The van der Waals surface area contributed by atoms with Crippen LogP contribution in [0.4, 0.5) is 11.9 Å². The predicted octanol–water partition coefficient (Wildman–Crippen LogP) is 3.18. The molecule has 0 aliphatic rings. The second-order valence-corrected chi connectivity index (χ2v) is 7.11. The molecule has 0 aliphatic carbocycles. The summed E-state index contributed by atoms with van der Waals surface area (Å²) in [6, 6.07) is 4.48. The fourth-order valence-electron chi connectivity index (χ4n) is 1.59. The molecule has 21 heavy (non-hydrogen) atoms. The van der Waals surface area contributed by atoms with Crippen LogP contribution in [-0.4, -0.2) is 34.6 Å². The van der Waals surface area contributed by atoms with Gasteiger partial charge in [0.25, 0.3) is 0 Å². The number of anilines is 2. The van der Waals surface area contributed by atoms with Gasteiger partial charge in [-0.25, -0.2) is 0 Å². The molecular weight excluding hydrogens is 354 g/mol. The molecule has 0 atom stereocenters. The van der Waals surface area contributed by atoms with Crippen LogP contribution in [0, 0.1) is 0 Å². The van der Waals surface area contributed by atoms with Crippen LogP contribution >= 0.6 is 27.3 Å². The summed E-state index contributed by atoms with van der Waals surface area (Å²) >= 11 is 5.19. The second-order valence-electron chi connectivity index (χ2n) is 4.56. The largest absolute Gasteiger partial charge is 0.461 e. The van der Waals surface area contributed by atoms with Crippen LogP contribution in [0.1, 0.15) is 18.7 Å². The third kappa shape index (κ3) is 5.13. The van der Waals surface area contributed by atoms with E-state index in [-0.39, 0.29) is 6.10 Å². The van der Waals surface area contributed by atoms with Crippen molar-refractivity contribution in [3.05, 3.63) is 20.8 Å². The summed E-state index contributed by atoms with van der Waals surface area (Å²) in [5.41, 5.74) is 0. The molecule has 0 unspecified atom stereocenters. The van der Waals surface area contributed by atoms with Gasteiger partial charge in [-0.2, -0.15) is 15.0 Å². The topological polar surface area (TPSA) is 72.0 Å². The van der Waals surface area contributed by atoms with Crippen molar-refractivity contribution in [2.24, 2.45) is 0 Å². The second kappa shape index (κ2) is 7.56. The SMILES string of the molecule is CNc1nc(NCCc2ccc(Br)s2)nc(OC(C)C)n1. The molecule has 2 N–H and O–H groups in total. The van der Waals surface area contributed by atoms with Crippen molar-refractivity contribution < 1.29 is 4.74 Å². The molecule has 2 aromatic heterocycles. The third-order valence-electron chi connectivity index (χ3n) is 2.46. The molecule has 0 radical (unpaired) electrons. The molecule has 0 saturated carbocycles. The summed E-state index contributed by atoms with van der Waals surface area (Å²) < 4.78 is 6.66. The van der Waals surface area contributed by atoms with Crippen LogP contribution in [-0.2, 0) is 6.42 Å². The Kier molecular flexibility index (Phi) is 5.75. The van der Waals surface area contributed by atoms with Gasteiger partial charge in [0.1, 0.15) is 0 Å². The molecule has 0 aromatic carbocycles. The van der Waals surface area contributed by atoms with E-state index in [2.05, 4.69) is 53.6 Å².